The molecule has 2 aromatic carbocycles. The van der Waals surface area contributed by atoms with Crippen molar-refractivity contribution in [2.24, 2.45) is 0 Å². The molecule has 5 rings (SSSR count). The van der Waals surface area contributed by atoms with Crippen LogP contribution in [0.15, 0.2) is 73.1 Å². The van der Waals surface area contributed by atoms with Gasteiger partial charge in [-0.3, -0.25) is 9.78 Å². The summed E-state index contributed by atoms with van der Waals surface area (Å²) < 4.78 is 0. The van der Waals surface area contributed by atoms with Crippen LogP contribution in [0.5, 0.6) is 0 Å². The van der Waals surface area contributed by atoms with Crippen molar-refractivity contribution in [2.45, 2.75) is 0 Å². The van der Waals surface area contributed by atoms with Crippen LogP contribution < -0.4 is 0 Å². The zero-order chi connectivity index (χ0) is 16.1. The maximum absolute atomic E-state index is 12.7. The molecule has 0 fully saturated rings. The molecular formula is C21H12N2O. The Bertz CT molecular complexity index is 1130. The Labute approximate surface area is 138 Å². The van der Waals surface area contributed by atoms with Crippen molar-refractivity contribution >= 4 is 16.7 Å². The Hall–Kier alpha value is -3.33. The fourth-order valence-corrected chi connectivity index (χ4v) is 3.31. The van der Waals surface area contributed by atoms with Crippen LogP contribution in [-0.4, -0.2) is 15.8 Å². The van der Waals surface area contributed by atoms with Gasteiger partial charge in [0.05, 0.1) is 11.2 Å². The molecule has 0 bridgehead atoms. The van der Waals surface area contributed by atoms with Crippen molar-refractivity contribution in [1.29, 1.82) is 0 Å². The Morgan fingerprint density at radius 2 is 1.58 bits per heavy atom. The standard InChI is InChI=1S/C21H12N2O/c24-21-17-4-2-1-3-15(17)16-7-5-13(11-18(16)21)19-8-6-14-12-22-10-9-20(14)23-19/h1-12H. The SMILES string of the molecule is O=C1c2ccccc2-c2ccc(-c3ccc4cnccc4n3)cc21. The van der Waals surface area contributed by atoms with Crippen LogP contribution in [0.25, 0.3) is 33.3 Å². The Balaban J connectivity index is 1.67. The monoisotopic (exact) mass is 308 g/mol. The number of pyridine rings is 2. The number of rotatable bonds is 1. The molecule has 0 aliphatic heterocycles. The second kappa shape index (κ2) is 4.83. The lowest BCUT2D eigenvalue weighted by Gasteiger charge is -2.06. The summed E-state index contributed by atoms with van der Waals surface area (Å²) in [5.41, 5.74) is 6.27. The molecule has 0 amide bonds. The Morgan fingerprint density at radius 1 is 0.750 bits per heavy atom. The molecule has 0 saturated heterocycles. The van der Waals surface area contributed by atoms with E-state index >= 15 is 0 Å². The van der Waals surface area contributed by atoms with Crippen LogP contribution >= 0.6 is 0 Å². The average molecular weight is 308 g/mol. The number of carbonyl (C=O) groups excluding carboxylic acids is 1. The molecule has 0 spiro atoms. The van der Waals surface area contributed by atoms with E-state index < -0.39 is 0 Å². The maximum Gasteiger partial charge on any atom is 0.194 e. The van der Waals surface area contributed by atoms with Crippen LogP contribution in [0.1, 0.15) is 15.9 Å². The van der Waals surface area contributed by atoms with Gasteiger partial charge in [0, 0.05) is 34.5 Å². The number of aromatic nitrogens is 2. The minimum absolute atomic E-state index is 0.0902. The van der Waals surface area contributed by atoms with Gasteiger partial charge in [0.15, 0.2) is 5.78 Å². The fourth-order valence-electron chi connectivity index (χ4n) is 3.31. The molecule has 24 heavy (non-hydrogen) atoms. The Kier molecular flexibility index (Phi) is 2.65. The summed E-state index contributed by atoms with van der Waals surface area (Å²) >= 11 is 0. The molecule has 0 atom stereocenters. The number of carbonyl (C=O) groups is 1. The predicted octanol–water partition coefficient (Wildman–Crippen LogP) is 4.51. The van der Waals surface area contributed by atoms with E-state index in [0.29, 0.717) is 0 Å². The molecule has 3 heteroatoms. The lowest BCUT2D eigenvalue weighted by atomic mass is 10.0. The number of hydrogen-bond acceptors (Lipinski definition) is 3. The largest absolute Gasteiger partial charge is 0.289 e. The van der Waals surface area contributed by atoms with Crippen molar-refractivity contribution < 1.29 is 4.79 Å². The summed E-state index contributed by atoms with van der Waals surface area (Å²) in [7, 11) is 0. The third-order valence-corrected chi connectivity index (χ3v) is 4.51. The van der Waals surface area contributed by atoms with Gasteiger partial charge in [-0.05, 0) is 35.4 Å². The Morgan fingerprint density at radius 3 is 2.50 bits per heavy atom. The van der Waals surface area contributed by atoms with Crippen molar-refractivity contribution in [2.75, 3.05) is 0 Å². The second-order valence-electron chi connectivity index (χ2n) is 5.90. The van der Waals surface area contributed by atoms with E-state index in [1.165, 1.54) is 0 Å². The fraction of sp³-hybridized carbons (Fsp3) is 0. The summed E-state index contributed by atoms with van der Waals surface area (Å²) in [6, 6.07) is 19.6. The molecule has 0 N–H and O–H groups in total. The molecule has 1 aliphatic carbocycles. The van der Waals surface area contributed by atoms with E-state index in [-0.39, 0.29) is 5.78 Å². The maximum atomic E-state index is 12.7. The third-order valence-electron chi connectivity index (χ3n) is 4.51. The number of hydrogen-bond donors (Lipinski definition) is 0. The first kappa shape index (κ1) is 13.1. The topological polar surface area (TPSA) is 42.9 Å². The van der Waals surface area contributed by atoms with Crippen LogP contribution in [0.2, 0.25) is 0 Å². The predicted molar refractivity (Wildman–Crippen MR) is 93.8 cm³/mol. The van der Waals surface area contributed by atoms with Crippen LogP contribution in [0, 0.1) is 0 Å². The molecular weight excluding hydrogens is 296 g/mol. The summed E-state index contributed by atoms with van der Waals surface area (Å²) in [6.07, 6.45) is 3.54. The van der Waals surface area contributed by atoms with Gasteiger partial charge in [0.25, 0.3) is 0 Å². The minimum atomic E-state index is 0.0902. The van der Waals surface area contributed by atoms with E-state index in [9.17, 15) is 4.79 Å². The highest BCUT2D eigenvalue weighted by Crippen LogP contribution is 2.38. The molecule has 2 heterocycles. The van der Waals surface area contributed by atoms with E-state index in [2.05, 4.69) is 4.98 Å². The normalized spacial score (nSPS) is 12.2. The average Bonchev–Trinajstić information content (AvgIpc) is 2.94. The number of ketones is 1. The molecule has 2 aromatic heterocycles. The van der Waals surface area contributed by atoms with Gasteiger partial charge in [0.2, 0.25) is 0 Å². The first-order valence-corrected chi connectivity index (χ1v) is 7.80. The highest BCUT2D eigenvalue weighted by molar-refractivity contribution is 6.22. The van der Waals surface area contributed by atoms with E-state index in [0.717, 1.165) is 44.4 Å². The van der Waals surface area contributed by atoms with Crippen molar-refractivity contribution in [3.05, 3.63) is 84.2 Å². The summed E-state index contributed by atoms with van der Waals surface area (Å²) in [6.45, 7) is 0. The lowest BCUT2D eigenvalue weighted by molar-refractivity contribution is 0.104. The number of nitrogens with zero attached hydrogens (tertiary/aromatic N) is 2. The number of benzene rings is 2. The number of fused-ring (bicyclic) bond motifs is 4. The zero-order valence-corrected chi connectivity index (χ0v) is 12.7. The highest BCUT2D eigenvalue weighted by atomic mass is 16.1. The van der Waals surface area contributed by atoms with E-state index in [1.807, 2.05) is 60.7 Å². The summed E-state index contributed by atoms with van der Waals surface area (Å²) in [5.74, 6) is 0.0902. The van der Waals surface area contributed by atoms with Crippen molar-refractivity contribution in [1.82, 2.24) is 9.97 Å². The third kappa shape index (κ3) is 1.82. The van der Waals surface area contributed by atoms with Gasteiger partial charge >= 0.3 is 0 Å². The quantitative estimate of drug-likeness (QED) is 0.457. The first-order chi connectivity index (χ1) is 11.8. The lowest BCUT2D eigenvalue weighted by Crippen LogP contribution is -1.95. The van der Waals surface area contributed by atoms with Gasteiger partial charge in [-0.2, -0.15) is 0 Å². The molecule has 0 unspecified atom stereocenters. The molecule has 112 valence electrons. The van der Waals surface area contributed by atoms with Crippen molar-refractivity contribution in [3.8, 4) is 22.4 Å². The smallest absolute Gasteiger partial charge is 0.194 e. The second-order valence-corrected chi connectivity index (χ2v) is 5.90. The van der Waals surface area contributed by atoms with Crippen LogP contribution in [0.4, 0.5) is 0 Å². The minimum Gasteiger partial charge on any atom is -0.289 e. The van der Waals surface area contributed by atoms with Gasteiger partial charge in [0.1, 0.15) is 0 Å². The van der Waals surface area contributed by atoms with Gasteiger partial charge in [-0.15, -0.1) is 0 Å². The van der Waals surface area contributed by atoms with E-state index in [4.69, 9.17) is 4.98 Å². The van der Waals surface area contributed by atoms with Gasteiger partial charge in [-0.25, -0.2) is 4.98 Å². The molecule has 4 aromatic rings. The van der Waals surface area contributed by atoms with Gasteiger partial charge < -0.3 is 0 Å². The first-order valence-electron chi connectivity index (χ1n) is 7.80. The highest BCUT2D eigenvalue weighted by Gasteiger charge is 2.26. The summed E-state index contributed by atoms with van der Waals surface area (Å²) in [5, 5.41) is 1.01. The van der Waals surface area contributed by atoms with Crippen molar-refractivity contribution in [3.63, 3.8) is 0 Å². The van der Waals surface area contributed by atoms with Gasteiger partial charge in [-0.1, -0.05) is 36.4 Å². The van der Waals surface area contributed by atoms with E-state index in [1.54, 1.807) is 12.4 Å². The summed E-state index contributed by atoms with van der Waals surface area (Å²) in [4.78, 5) is 21.5. The molecule has 3 nitrogen and oxygen atoms in total. The molecule has 0 radical (unpaired) electrons. The van der Waals surface area contributed by atoms with Crippen LogP contribution in [-0.2, 0) is 0 Å². The molecule has 0 saturated carbocycles. The van der Waals surface area contributed by atoms with Crippen LogP contribution in [0.3, 0.4) is 0 Å². The molecule has 1 aliphatic rings. The zero-order valence-electron chi connectivity index (χ0n) is 12.7.